The number of methoxy groups -OCH3 is 3. The lowest BCUT2D eigenvalue weighted by molar-refractivity contribution is -0.132. The number of tetrazole rings is 1. The first-order chi connectivity index (χ1) is 24.9. The molecule has 0 aliphatic carbocycles. The van der Waals surface area contributed by atoms with Crippen LogP contribution in [-0.2, 0) is 24.4 Å². The van der Waals surface area contributed by atoms with Crippen molar-refractivity contribution in [1.29, 1.82) is 0 Å². The van der Waals surface area contributed by atoms with Gasteiger partial charge in [-0.2, -0.15) is 0 Å². The van der Waals surface area contributed by atoms with Crippen LogP contribution in [0.1, 0.15) is 40.7 Å². The Balaban J connectivity index is 1.31. The van der Waals surface area contributed by atoms with Gasteiger partial charge in [-0.3, -0.25) is 14.5 Å². The Morgan fingerprint density at radius 3 is 2.51 bits per heavy atom. The molecule has 51 heavy (non-hydrogen) atoms. The van der Waals surface area contributed by atoms with Crippen LogP contribution in [0, 0.1) is 5.82 Å². The van der Waals surface area contributed by atoms with E-state index in [4.69, 9.17) is 23.7 Å². The second-order valence-electron chi connectivity index (χ2n) is 12.3. The molecule has 4 aromatic rings. The zero-order chi connectivity index (χ0) is 35.7. The number of nitrogens with one attached hydrogen (secondary N) is 1. The minimum Gasteiger partial charge on any atom is -0.496 e. The number of carbonyl (C=O) groups is 2. The maximum Gasteiger partial charge on any atom is 0.254 e. The van der Waals surface area contributed by atoms with Crippen molar-refractivity contribution in [3.05, 3.63) is 71.3 Å². The summed E-state index contributed by atoms with van der Waals surface area (Å²) in [7, 11) is 4.79. The summed E-state index contributed by atoms with van der Waals surface area (Å²) >= 11 is 0. The van der Waals surface area contributed by atoms with Gasteiger partial charge in [-0.25, -0.2) is 9.07 Å². The largest absolute Gasteiger partial charge is 0.496 e. The number of halogens is 1. The van der Waals surface area contributed by atoms with Crippen LogP contribution in [0.15, 0.2) is 48.8 Å². The van der Waals surface area contributed by atoms with Gasteiger partial charge in [-0.15, -0.1) is 5.10 Å². The lowest BCUT2D eigenvalue weighted by atomic mass is 9.99. The number of benzene rings is 3. The molecule has 0 atom stereocenters. The quantitative estimate of drug-likeness (QED) is 0.287. The van der Waals surface area contributed by atoms with Crippen LogP contribution in [0.5, 0.6) is 28.7 Å². The zero-order valence-corrected chi connectivity index (χ0v) is 29.0. The van der Waals surface area contributed by atoms with E-state index in [9.17, 15) is 14.0 Å². The van der Waals surface area contributed by atoms with Crippen LogP contribution in [0.4, 0.5) is 4.39 Å². The number of ether oxygens (including phenoxy) is 5. The van der Waals surface area contributed by atoms with Crippen molar-refractivity contribution in [2.24, 2.45) is 0 Å². The van der Waals surface area contributed by atoms with E-state index >= 15 is 0 Å². The third kappa shape index (κ3) is 8.48. The predicted molar refractivity (Wildman–Crippen MR) is 184 cm³/mol. The Bertz CT molecular complexity index is 1840. The number of nitrogens with zero attached hydrogens (tertiary/aromatic N) is 6. The molecule has 0 saturated heterocycles. The molecule has 3 aromatic carbocycles. The average molecular weight is 704 g/mol. The van der Waals surface area contributed by atoms with Gasteiger partial charge in [0, 0.05) is 56.3 Å². The Morgan fingerprint density at radius 1 is 0.922 bits per heavy atom. The van der Waals surface area contributed by atoms with Gasteiger partial charge < -0.3 is 33.9 Å². The molecule has 2 aliphatic heterocycles. The van der Waals surface area contributed by atoms with Gasteiger partial charge in [0.25, 0.3) is 5.91 Å². The van der Waals surface area contributed by atoms with Gasteiger partial charge in [0.2, 0.25) is 5.91 Å². The number of carbonyl (C=O) groups excluding carboxylic acids is 2. The third-order valence-electron chi connectivity index (χ3n) is 8.96. The summed E-state index contributed by atoms with van der Waals surface area (Å²) in [4.78, 5) is 30.4. The number of aryl methyl sites for hydroxylation is 1. The highest BCUT2D eigenvalue weighted by molar-refractivity contribution is 5.95. The summed E-state index contributed by atoms with van der Waals surface area (Å²) in [5.74, 6) is 1.74. The molecule has 14 nitrogen and oxygen atoms in total. The number of rotatable bonds is 8. The smallest absolute Gasteiger partial charge is 0.254 e. The zero-order valence-electron chi connectivity index (χ0n) is 29.0. The highest BCUT2D eigenvalue weighted by atomic mass is 19.1. The second-order valence-corrected chi connectivity index (χ2v) is 12.3. The van der Waals surface area contributed by atoms with Crippen molar-refractivity contribution in [3.63, 3.8) is 0 Å². The lowest BCUT2D eigenvalue weighted by Gasteiger charge is -2.24. The van der Waals surface area contributed by atoms with Crippen LogP contribution >= 0.6 is 0 Å². The number of amides is 2. The summed E-state index contributed by atoms with van der Waals surface area (Å²) < 4.78 is 46.0. The summed E-state index contributed by atoms with van der Waals surface area (Å²) in [5.41, 5.74) is 3.10. The monoisotopic (exact) mass is 703 g/mol. The van der Waals surface area contributed by atoms with Crippen molar-refractivity contribution in [2.75, 3.05) is 60.7 Å². The average Bonchev–Trinajstić information content (AvgIpc) is 3.58. The van der Waals surface area contributed by atoms with Crippen molar-refractivity contribution in [3.8, 4) is 39.9 Å². The fourth-order valence-electron chi connectivity index (χ4n) is 6.29. The first-order valence-electron chi connectivity index (χ1n) is 16.9. The molecule has 6 rings (SSSR count). The van der Waals surface area contributed by atoms with Gasteiger partial charge in [0.05, 0.1) is 40.0 Å². The summed E-state index contributed by atoms with van der Waals surface area (Å²) in [6.45, 7) is 3.71. The van der Waals surface area contributed by atoms with Gasteiger partial charge in [0.15, 0.2) is 23.0 Å². The Labute approximate surface area is 295 Å². The van der Waals surface area contributed by atoms with E-state index in [0.29, 0.717) is 99.6 Å². The van der Waals surface area contributed by atoms with E-state index in [-0.39, 0.29) is 24.5 Å². The predicted octanol–water partition coefficient (Wildman–Crippen LogP) is 3.72. The Hall–Kier alpha value is -5.44. The van der Waals surface area contributed by atoms with Gasteiger partial charge in [-0.05, 0) is 64.7 Å². The molecule has 0 radical (unpaired) electrons. The maximum atomic E-state index is 15.0. The molecule has 1 N–H and O–H groups in total. The fraction of sp³-hybridized carbons (Fsp3) is 0.417. The van der Waals surface area contributed by atoms with E-state index in [0.717, 1.165) is 16.7 Å². The van der Waals surface area contributed by atoms with Crippen molar-refractivity contribution in [1.82, 2.24) is 35.3 Å². The lowest BCUT2D eigenvalue weighted by Crippen LogP contribution is -2.36. The highest BCUT2D eigenvalue weighted by Gasteiger charge is 2.24. The molecular formula is C36H42FN7O7. The van der Waals surface area contributed by atoms with Crippen molar-refractivity contribution < 1.29 is 37.7 Å². The van der Waals surface area contributed by atoms with Gasteiger partial charge in [-0.1, -0.05) is 6.07 Å². The minimum atomic E-state index is -0.610. The SMILES string of the molecule is COc1cc(OC)c(OC)cc1CN1CCOc2c(cc3cc2OCCN(C(=O)CCn2cnnn2)CCCCNC(=O)c2cc-3ccc2F)C1. The van der Waals surface area contributed by atoms with Crippen LogP contribution in [0.2, 0.25) is 0 Å². The summed E-state index contributed by atoms with van der Waals surface area (Å²) in [5, 5.41) is 14.0. The molecule has 270 valence electrons. The molecule has 2 amide bonds. The van der Waals surface area contributed by atoms with Crippen LogP contribution in [0.3, 0.4) is 0 Å². The van der Waals surface area contributed by atoms with E-state index in [2.05, 4.69) is 25.7 Å². The standard InChI is InChI=1S/C36H42FN7O7/c1-47-30-20-32(49-3)31(48-2)19-26(30)21-42-12-14-51-35-27(22-42)16-25-18-33(35)50-15-13-43(34(45)8-11-44-23-39-40-41-44)10-5-4-9-38-36(46)28-17-24(25)6-7-29(28)37/h6-7,16-20,23H,4-5,8-15,21-22H2,1-3H3,(H,38,46). The first-order valence-corrected chi connectivity index (χ1v) is 16.9. The van der Waals surface area contributed by atoms with E-state index < -0.39 is 11.7 Å². The minimum absolute atomic E-state index is 0.0464. The molecule has 3 heterocycles. The van der Waals surface area contributed by atoms with Gasteiger partial charge in [0.1, 0.15) is 31.1 Å². The maximum absolute atomic E-state index is 15.0. The second kappa shape index (κ2) is 16.5. The van der Waals surface area contributed by atoms with E-state index in [1.165, 1.54) is 17.1 Å². The number of hydrogen-bond acceptors (Lipinski definition) is 11. The van der Waals surface area contributed by atoms with E-state index in [1.807, 2.05) is 24.3 Å². The Morgan fingerprint density at radius 2 is 1.73 bits per heavy atom. The van der Waals surface area contributed by atoms with Crippen LogP contribution in [-0.4, -0.2) is 103 Å². The molecular weight excluding hydrogens is 661 g/mol. The van der Waals surface area contributed by atoms with Crippen LogP contribution < -0.4 is 29.0 Å². The molecule has 0 unspecified atom stereocenters. The van der Waals surface area contributed by atoms with E-state index in [1.54, 1.807) is 38.4 Å². The first kappa shape index (κ1) is 35.4. The molecule has 0 spiro atoms. The number of fused-ring (bicyclic) bond motifs is 7. The highest BCUT2D eigenvalue weighted by Crippen LogP contribution is 2.40. The fourth-order valence-corrected chi connectivity index (χ4v) is 6.29. The molecule has 0 saturated carbocycles. The van der Waals surface area contributed by atoms with Crippen LogP contribution in [0.25, 0.3) is 11.1 Å². The van der Waals surface area contributed by atoms with Crippen molar-refractivity contribution in [2.45, 2.75) is 38.9 Å². The molecule has 0 fully saturated rings. The molecule has 15 heteroatoms. The normalized spacial score (nSPS) is 15.5. The number of aromatic nitrogens is 4. The Kier molecular flexibility index (Phi) is 11.5. The van der Waals surface area contributed by atoms with Crippen molar-refractivity contribution >= 4 is 11.8 Å². The summed E-state index contributed by atoms with van der Waals surface area (Å²) in [6, 6.07) is 12.1. The summed E-state index contributed by atoms with van der Waals surface area (Å²) in [6.07, 6.45) is 2.92. The molecule has 2 aliphatic rings. The molecule has 4 bridgehead atoms. The third-order valence-corrected chi connectivity index (χ3v) is 8.96. The molecule has 1 aromatic heterocycles. The topological polar surface area (TPSA) is 142 Å². The number of hydrogen-bond donors (Lipinski definition) is 1. The van der Waals surface area contributed by atoms with Gasteiger partial charge >= 0.3 is 0 Å².